The second-order valence-corrected chi connectivity index (χ2v) is 4.64. The fourth-order valence-electron chi connectivity index (χ4n) is 2.09. The Bertz CT molecular complexity index is 623. The molecule has 0 bridgehead atoms. The van der Waals surface area contributed by atoms with Gasteiger partial charge in [0.2, 0.25) is 0 Å². The van der Waals surface area contributed by atoms with Gasteiger partial charge in [0.1, 0.15) is 0 Å². The van der Waals surface area contributed by atoms with Crippen LogP contribution in [0.3, 0.4) is 0 Å². The Morgan fingerprint density at radius 3 is 2.60 bits per heavy atom. The molecule has 1 N–H and O–H groups in total. The average Bonchev–Trinajstić information content (AvgIpc) is 2.45. The number of ketones is 1. The summed E-state index contributed by atoms with van der Waals surface area (Å²) in [7, 11) is 0. The molecular weight excluding hydrogens is 254 g/mol. The lowest BCUT2D eigenvalue weighted by atomic mass is 9.90. The fraction of sp³-hybridized carbons (Fsp3) is 0.188. The molecule has 4 nitrogen and oxygen atoms in total. The zero-order chi connectivity index (χ0) is 14.5. The number of hydrogen-bond donors (Lipinski definition) is 1. The standard InChI is InChI=1S/C16H15NO3/c1-11-5-4-6-12(9-11)16(20)13(10-15(18)19)14-7-2-3-8-17-14/h2-9,13H,10H2,1H3,(H,18,19). The molecule has 0 saturated carbocycles. The molecule has 1 heterocycles. The van der Waals surface area contributed by atoms with Crippen molar-refractivity contribution >= 4 is 11.8 Å². The first-order chi connectivity index (χ1) is 9.58. The monoisotopic (exact) mass is 269 g/mol. The first-order valence-corrected chi connectivity index (χ1v) is 6.31. The smallest absolute Gasteiger partial charge is 0.304 e. The lowest BCUT2D eigenvalue weighted by Crippen LogP contribution is -2.18. The molecule has 4 heteroatoms. The van der Waals surface area contributed by atoms with Crippen LogP contribution in [-0.2, 0) is 4.79 Å². The van der Waals surface area contributed by atoms with Gasteiger partial charge in [-0.15, -0.1) is 0 Å². The van der Waals surface area contributed by atoms with E-state index in [2.05, 4.69) is 4.98 Å². The van der Waals surface area contributed by atoms with E-state index in [9.17, 15) is 9.59 Å². The fourth-order valence-corrected chi connectivity index (χ4v) is 2.09. The lowest BCUT2D eigenvalue weighted by Gasteiger charge is -2.13. The molecule has 0 spiro atoms. The van der Waals surface area contributed by atoms with E-state index in [0.717, 1.165) is 5.56 Å². The number of nitrogens with zero attached hydrogens (tertiary/aromatic N) is 1. The van der Waals surface area contributed by atoms with E-state index in [1.807, 2.05) is 13.0 Å². The van der Waals surface area contributed by atoms with Gasteiger partial charge in [-0.05, 0) is 25.1 Å². The maximum atomic E-state index is 12.5. The van der Waals surface area contributed by atoms with Gasteiger partial charge in [-0.1, -0.05) is 29.8 Å². The number of aromatic nitrogens is 1. The van der Waals surface area contributed by atoms with E-state index in [0.29, 0.717) is 11.3 Å². The molecule has 0 amide bonds. The third-order valence-corrected chi connectivity index (χ3v) is 3.04. The second kappa shape index (κ2) is 6.10. The summed E-state index contributed by atoms with van der Waals surface area (Å²) >= 11 is 0. The summed E-state index contributed by atoms with van der Waals surface area (Å²) in [6, 6.07) is 12.3. The Kier molecular flexibility index (Phi) is 4.25. The Morgan fingerprint density at radius 2 is 2.00 bits per heavy atom. The largest absolute Gasteiger partial charge is 0.481 e. The topological polar surface area (TPSA) is 67.3 Å². The van der Waals surface area contributed by atoms with Crippen LogP contribution in [0.5, 0.6) is 0 Å². The van der Waals surface area contributed by atoms with Crippen LogP contribution in [0.4, 0.5) is 0 Å². The molecule has 0 saturated heterocycles. The zero-order valence-electron chi connectivity index (χ0n) is 11.1. The highest BCUT2D eigenvalue weighted by atomic mass is 16.4. The number of Topliss-reactive ketones (excluding diaryl/α,β-unsaturated/α-hetero) is 1. The Morgan fingerprint density at radius 1 is 1.20 bits per heavy atom. The van der Waals surface area contributed by atoms with E-state index in [4.69, 9.17) is 5.11 Å². The number of aryl methyl sites for hydroxylation is 1. The van der Waals surface area contributed by atoms with Crippen molar-refractivity contribution in [2.45, 2.75) is 19.3 Å². The molecule has 102 valence electrons. The Balaban J connectivity index is 2.36. The molecule has 20 heavy (non-hydrogen) atoms. The number of hydrogen-bond acceptors (Lipinski definition) is 3. The minimum Gasteiger partial charge on any atom is -0.481 e. The van der Waals surface area contributed by atoms with Gasteiger partial charge in [0.25, 0.3) is 0 Å². The molecule has 1 atom stereocenters. The van der Waals surface area contributed by atoms with Crippen LogP contribution in [0.15, 0.2) is 48.7 Å². The second-order valence-electron chi connectivity index (χ2n) is 4.64. The van der Waals surface area contributed by atoms with Gasteiger partial charge < -0.3 is 5.11 Å². The molecule has 1 aromatic heterocycles. The normalized spacial score (nSPS) is 11.8. The SMILES string of the molecule is Cc1cccc(C(=O)C(CC(=O)O)c2ccccn2)c1. The van der Waals surface area contributed by atoms with Gasteiger partial charge in [-0.2, -0.15) is 0 Å². The van der Waals surface area contributed by atoms with E-state index in [1.165, 1.54) is 0 Å². The molecule has 0 aliphatic carbocycles. The number of carbonyl (C=O) groups is 2. The molecule has 0 fully saturated rings. The highest BCUT2D eigenvalue weighted by Gasteiger charge is 2.25. The highest BCUT2D eigenvalue weighted by molar-refractivity contribution is 6.02. The van der Waals surface area contributed by atoms with E-state index < -0.39 is 11.9 Å². The molecule has 0 radical (unpaired) electrons. The predicted molar refractivity (Wildman–Crippen MR) is 74.7 cm³/mol. The van der Waals surface area contributed by atoms with Crippen LogP contribution in [0.2, 0.25) is 0 Å². The van der Waals surface area contributed by atoms with Crippen molar-refractivity contribution < 1.29 is 14.7 Å². The summed E-state index contributed by atoms with van der Waals surface area (Å²) in [5.74, 6) is -1.98. The van der Waals surface area contributed by atoms with Crippen LogP contribution < -0.4 is 0 Å². The van der Waals surface area contributed by atoms with Gasteiger partial charge in [0.05, 0.1) is 18.0 Å². The van der Waals surface area contributed by atoms with Gasteiger partial charge >= 0.3 is 5.97 Å². The zero-order valence-corrected chi connectivity index (χ0v) is 11.1. The minimum atomic E-state index is -1.01. The Labute approximate surface area is 117 Å². The number of rotatable bonds is 5. The molecule has 0 aliphatic heterocycles. The van der Waals surface area contributed by atoms with Crippen molar-refractivity contribution in [1.82, 2.24) is 4.98 Å². The van der Waals surface area contributed by atoms with Crippen molar-refractivity contribution in [2.24, 2.45) is 0 Å². The maximum absolute atomic E-state index is 12.5. The first-order valence-electron chi connectivity index (χ1n) is 6.31. The van der Waals surface area contributed by atoms with Crippen LogP contribution in [0.25, 0.3) is 0 Å². The Hall–Kier alpha value is -2.49. The molecule has 1 aromatic carbocycles. The van der Waals surface area contributed by atoms with Crippen molar-refractivity contribution in [3.63, 3.8) is 0 Å². The van der Waals surface area contributed by atoms with Crippen LogP contribution in [0, 0.1) is 6.92 Å². The van der Waals surface area contributed by atoms with Crippen molar-refractivity contribution in [3.8, 4) is 0 Å². The van der Waals surface area contributed by atoms with Crippen LogP contribution in [0.1, 0.15) is 34.0 Å². The molecular formula is C16H15NO3. The van der Waals surface area contributed by atoms with Gasteiger partial charge in [-0.3, -0.25) is 14.6 Å². The summed E-state index contributed by atoms with van der Waals surface area (Å²) in [4.78, 5) is 27.7. The van der Waals surface area contributed by atoms with Crippen LogP contribution >= 0.6 is 0 Å². The molecule has 0 aliphatic rings. The summed E-state index contributed by atoms with van der Waals surface area (Å²) in [5, 5.41) is 9.02. The lowest BCUT2D eigenvalue weighted by molar-refractivity contribution is -0.137. The molecule has 1 unspecified atom stereocenters. The quantitative estimate of drug-likeness (QED) is 0.847. The number of carboxylic acids is 1. The maximum Gasteiger partial charge on any atom is 0.304 e. The van der Waals surface area contributed by atoms with E-state index >= 15 is 0 Å². The summed E-state index contributed by atoms with van der Waals surface area (Å²) in [6.07, 6.45) is 1.30. The minimum absolute atomic E-state index is 0.213. The number of carboxylic acid groups (broad SMARTS) is 1. The summed E-state index contributed by atoms with van der Waals surface area (Å²) in [5.41, 5.74) is 1.97. The first kappa shape index (κ1) is 13.9. The molecule has 2 aromatic rings. The highest BCUT2D eigenvalue weighted by Crippen LogP contribution is 2.23. The summed E-state index contributed by atoms with van der Waals surface area (Å²) < 4.78 is 0. The summed E-state index contributed by atoms with van der Waals surface area (Å²) in [6.45, 7) is 1.89. The van der Waals surface area contributed by atoms with E-state index in [1.54, 1.807) is 42.6 Å². The van der Waals surface area contributed by atoms with Gasteiger partial charge in [0, 0.05) is 11.8 Å². The molecule has 2 rings (SSSR count). The van der Waals surface area contributed by atoms with Crippen molar-refractivity contribution in [2.75, 3.05) is 0 Å². The number of pyridine rings is 1. The third-order valence-electron chi connectivity index (χ3n) is 3.04. The third kappa shape index (κ3) is 3.29. The van der Waals surface area contributed by atoms with E-state index in [-0.39, 0.29) is 12.2 Å². The number of aliphatic carboxylic acids is 1. The van der Waals surface area contributed by atoms with Crippen molar-refractivity contribution in [1.29, 1.82) is 0 Å². The predicted octanol–water partition coefficient (Wildman–Crippen LogP) is 2.83. The van der Waals surface area contributed by atoms with Crippen LogP contribution in [-0.4, -0.2) is 21.8 Å². The number of benzene rings is 1. The van der Waals surface area contributed by atoms with Gasteiger partial charge in [0.15, 0.2) is 5.78 Å². The van der Waals surface area contributed by atoms with Crippen molar-refractivity contribution in [3.05, 3.63) is 65.5 Å². The number of carbonyl (C=O) groups excluding carboxylic acids is 1. The van der Waals surface area contributed by atoms with Gasteiger partial charge in [-0.25, -0.2) is 0 Å². The average molecular weight is 269 g/mol.